The molecule has 0 aromatic heterocycles. The van der Waals surface area contributed by atoms with Crippen molar-refractivity contribution in [3.05, 3.63) is 35.9 Å². The third-order valence-corrected chi connectivity index (χ3v) is 4.24. The van der Waals surface area contributed by atoms with E-state index in [0.29, 0.717) is 18.5 Å². The van der Waals surface area contributed by atoms with Gasteiger partial charge in [0.25, 0.3) is 0 Å². The predicted molar refractivity (Wildman–Crippen MR) is 79.1 cm³/mol. The molecule has 1 aromatic rings. The molecular weight excluding hydrogens is 236 g/mol. The van der Waals surface area contributed by atoms with Crippen LogP contribution in [0, 0.1) is 5.92 Å². The van der Waals surface area contributed by atoms with Gasteiger partial charge < -0.3 is 10.0 Å². The summed E-state index contributed by atoms with van der Waals surface area (Å²) in [5, 5.41) is 10.7. The van der Waals surface area contributed by atoms with Crippen molar-refractivity contribution in [1.82, 2.24) is 9.80 Å². The first-order chi connectivity index (χ1) is 8.90. The molecule has 1 aliphatic rings. The van der Waals surface area contributed by atoms with Gasteiger partial charge in [-0.15, -0.1) is 0 Å². The number of rotatable bonds is 4. The fraction of sp³-hybridized carbons (Fsp3) is 0.625. The summed E-state index contributed by atoms with van der Waals surface area (Å²) in [6, 6.07) is 10.6. The SMILES string of the molecule is CC1CN(CC(C)(O)c2ccccc2)CC1N(C)C. The number of nitrogens with zero attached hydrogens (tertiary/aromatic N) is 2. The minimum Gasteiger partial charge on any atom is -0.384 e. The number of likely N-dealkylation sites (tertiary alicyclic amines) is 1. The van der Waals surface area contributed by atoms with Gasteiger partial charge >= 0.3 is 0 Å². The number of benzene rings is 1. The monoisotopic (exact) mass is 262 g/mol. The average Bonchev–Trinajstić information content (AvgIpc) is 2.71. The van der Waals surface area contributed by atoms with Crippen LogP contribution in [0.5, 0.6) is 0 Å². The maximum Gasteiger partial charge on any atom is 0.0994 e. The van der Waals surface area contributed by atoms with Crippen LogP contribution in [0.4, 0.5) is 0 Å². The third-order valence-electron chi connectivity index (χ3n) is 4.24. The average molecular weight is 262 g/mol. The number of hydrogen-bond acceptors (Lipinski definition) is 3. The van der Waals surface area contributed by atoms with Crippen LogP contribution in [-0.2, 0) is 5.60 Å². The van der Waals surface area contributed by atoms with E-state index in [1.165, 1.54) is 0 Å². The lowest BCUT2D eigenvalue weighted by molar-refractivity contribution is 0.0208. The van der Waals surface area contributed by atoms with E-state index in [1.54, 1.807) is 0 Å². The van der Waals surface area contributed by atoms with E-state index in [2.05, 4.69) is 30.8 Å². The Kier molecular flexibility index (Phi) is 4.29. The summed E-state index contributed by atoms with van der Waals surface area (Å²) in [6.07, 6.45) is 0. The van der Waals surface area contributed by atoms with Crippen LogP contribution in [-0.4, -0.2) is 54.7 Å². The second kappa shape index (κ2) is 5.61. The summed E-state index contributed by atoms with van der Waals surface area (Å²) in [4.78, 5) is 4.67. The van der Waals surface area contributed by atoms with Gasteiger partial charge in [0, 0.05) is 25.7 Å². The van der Waals surface area contributed by atoms with Crippen molar-refractivity contribution in [2.45, 2.75) is 25.5 Å². The Hall–Kier alpha value is -0.900. The molecule has 106 valence electrons. The maximum absolute atomic E-state index is 10.7. The Balaban J connectivity index is 2.02. The predicted octanol–water partition coefficient (Wildman–Crippen LogP) is 1.78. The molecule has 19 heavy (non-hydrogen) atoms. The first-order valence-corrected chi connectivity index (χ1v) is 7.07. The van der Waals surface area contributed by atoms with E-state index in [-0.39, 0.29) is 0 Å². The lowest BCUT2D eigenvalue weighted by atomic mass is 9.95. The zero-order chi connectivity index (χ0) is 14.0. The van der Waals surface area contributed by atoms with Crippen molar-refractivity contribution in [2.24, 2.45) is 5.92 Å². The number of β-amino-alcohol motifs (C(OH)–C–C–N with tert-alkyl or cyclic N) is 1. The Morgan fingerprint density at radius 2 is 1.89 bits per heavy atom. The van der Waals surface area contributed by atoms with Crippen molar-refractivity contribution in [3.8, 4) is 0 Å². The molecular formula is C16H26N2O. The van der Waals surface area contributed by atoms with Gasteiger partial charge in [0.2, 0.25) is 0 Å². The maximum atomic E-state index is 10.7. The molecule has 3 unspecified atom stereocenters. The van der Waals surface area contributed by atoms with Crippen LogP contribution >= 0.6 is 0 Å². The van der Waals surface area contributed by atoms with Gasteiger partial charge in [-0.25, -0.2) is 0 Å². The van der Waals surface area contributed by atoms with Crippen molar-refractivity contribution in [1.29, 1.82) is 0 Å². The van der Waals surface area contributed by atoms with Gasteiger partial charge in [-0.2, -0.15) is 0 Å². The van der Waals surface area contributed by atoms with Gasteiger partial charge in [0.1, 0.15) is 0 Å². The number of hydrogen-bond donors (Lipinski definition) is 1. The zero-order valence-electron chi connectivity index (χ0n) is 12.5. The molecule has 0 amide bonds. The molecule has 1 saturated heterocycles. The van der Waals surface area contributed by atoms with Crippen LogP contribution in [0.15, 0.2) is 30.3 Å². The molecule has 3 atom stereocenters. The van der Waals surface area contributed by atoms with E-state index < -0.39 is 5.60 Å². The molecule has 0 radical (unpaired) electrons. The summed E-state index contributed by atoms with van der Waals surface area (Å²) in [7, 11) is 4.28. The van der Waals surface area contributed by atoms with E-state index in [9.17, 15) is 5.11 Å². The van der Waals surface area contributed by atoms with Crippen LogP contribution in [0.1, 0.15) is 19.4 Å². The largest absolute Gasteiger partial charge is 0.384 e. The smallest absolute Gasteiger partial charge is 0.0994 e. The van der Waals surface area contributed by atoms with Gasteiger partial charge in [0.05, 0.1) is 5.60 Å². The highest BCUT2D eigenvalue weighted by Crippen LogP contribution is 2.26. The highest BCUT2D eigenvalue weighted by atomic mass is 16.3. The van der Waals surface area contributed by atoms with Crippen LogP contribution in [0.3, 0.4) is 0 Å². The molecule has 0 aliphatic carbocycles. The fourth-order valence-corrected chi connectivity index (χ4v) is 3.17. The molecule has 1 aliphatic heterocycles. The highest BCUT2D eigenvalue weighted by Gasteiger charge is 2.35. The molecule has 0 bridgehead atoms. The van der Waals surface area contributed by atoms with E-state index in [0.717, 1.165) is 18.7 Å². The summed E-state index contributed by atoms with van der Waals surface area (Å²) in [5.74, 6) is 0.654. The standard InChI is InChI=1S/C16H26N2O/c1-13-10-18(11-15(13)17(3)4)12-16(2,19)14-8-6-5-7-9-14/h5-9,13,15,19H,10-12H2,1-4H3. The quantitative estimate of drug-likeness (QED) is 0.896. The minimum atomic E-state index is -0.776. The second-order valence-corrected chi connectivity index (χ2v) is 6.34. The van der Waals surface area contributed by atoms with E-state index >= 15 is 0 Å². The normalized spacial score (nSPS) is 27.7. The van der Waals surface area contributed by atoms with Gasteiger partial charge in [-0.1, -0.05) is 37.3 Å². The second-order valence-electron chi connectivity index (χ2n) is 6.34. The molecule has 1 N–H and O–H groups in total. The Bertz CT molecular complexity index is 402. The Morgan fingerprint density at radius 1 is 1.26 bits per heavy atom. The lowest BCUT2D eigenvalue weighted by Crippen LogP contribution is -2.39. The summed E-state index contributed by atoms with van der Waals surface area (Å²) in [6.45, 7) is 7.01. The molecule has 0 saturated carbocycles. The van der Waals surface area contributed by atoms with E-state index in [1.807, 2.05) is 37.3 Å². The first-order valence-electron chi connectivity index (χ1n) is 7.07. The van der Waals surface area contributed by atoms with Crippen LogP contribution in [0.25, 0.3) is 0 Å². The van der Waals surface area contributed by atoms with Crippen LogP contribution < -0.4 is 0 Å². The molecule has 3 heteroatoms. The highest BCUT2D eigenvalue weighted by molar-refractivity contribution is 5.22. The van der Waals surface area contributed by atoms with Gasteiger partial charge in [-0.05, 0) is 32.5 Å². The topological polar surface area (TPSA) is 26.7 Å². The molecule has 1 aromatic carbocycles. The molecule has 0 spiro atoms. The summed E-state index contributed by atoms with van der Waals surface area (Å²) in [5.41, 5.74) is 0.221. The van der Waals surface area contributed by atoms with Crippen molar-refractivity contribution < 1.29 is 5.11 Å². The van der Waals surface area contributed by atoms with Crippen molar-refractivity contribution in [3.63, 3.8) is 0 Å². The fourth-order valence-electron chi connectivity index (χ4n) is 3.17. The van der Waals surface area contributed by atoms with Crippen molar-refractivity contribution >= 4 is 0 Å². The molecule has 1 fully saturated rings. The molecule has 2 rings (SSSR count). The minimum absolute atomic E-state index is 0.589. The Labute approximate surface area is 116 Å². The summed E-state index contributed by atoms with van der Waals surface area (Å²) < 4.78 is 0. The van der Waals surface area contributed by atoms with E-state index in [4.69, 9.17) is 0 Å². The number of aliphatic hydroxyl groups is 1. The Morgan fingerprint density at radius 3 is 2.42 bits per heavy atom. The molecule has 3 nitrogen and oxygen atoms in total. The van der Waals surface area contributed by atoms with Crippen LogP contribution in [0.2, 0.25) is 0 Å². The third kappa shape index (κ3) is 3.35. The summed E-state index contributed by atoms with van der Waals surface area (Å²) >= 11 is 0. The van der Waals surface area contributed by atoms with Crippen molar-refractivity contribution in [2.75, 3.05) is 33.7 Å². The lowest BCUT2D eigenvalue weighted by Gasteiger charge is -2.30. The molecule has 1 heterocycles. The van der Waals surface area contributed by atoms with Gasteiger partial charge in [-0.3, -0.25) is 4.90 Å². The van der Waals surface area contributed by atoms with Gasteiger partial charge in [0.15, 0.2) is 0 Å². The number of likely N-dealkylation sites (N-methyl/N-ethyl adjacent to an activating group) is 1. The zero-order valence-corrected chi connectivity index (χ0v) is 12.5. The first kappa shape index (κ1) is 14.5.